The van der Waals surface area contributed by atoms with Crippen LogP contribution in [0.15, 0.2) is 71.8 Å². The van der Waals surface area contributed by atoms with Gasteiger partial charge in [-0.1, -0.05) is 24.3 Å². The number of rotatable bonds is 3. The predicted molar refractivity (Wildman–Crippen MR) is 114 cm³/mol. The number of carboxylic acids is 1. The molecule has 4 aromatic rings. The number of halogens is 3. The molecule has 0 amide bonds. The molecular weight excluding hydrogens is 423 g/mol. The highest BCUT2D eigenvalue weighted by Gasteiger charge is 2.38. The number of pyridine rings is 1. The van der Waals surface area contributed by atoms with Crippen molar-refractivity contribution in [1.29, 1.82) is 0 Å². The number of hydrogen-bond donors (Lipinski definition) is 1. The summed E-state index contributed by atoms with van der Waals surface area (Å²) in [6.07, 6.45) is -1.38. The monoisotopic (exact) mass is 443 g/mol. The van der Waals surface area contributed by atoms with Crippen LogP contribution in [0.4, 0.5) is 13.2 Å². The molecular formula is C23H20F3N3O3. The van der Waals surface area contributed by atoms with E-state index in [-0.39, 0.29) is 5.56 Å². The van der Waals surface area contributed by atoms with Gasteiger partial charge in [0, 0.05) is 29.5 Å². The first-order valence-electron chi connectivity index (χ1n) is 9.56. The molecule has 0 aliphatic rings. The fourth-order valence-corrected chi connectivity index (χ4v) is 3.34. The van der Waals surface area contributed by atoms with Crippen LogP contribution < -0.4 is 5.56 Å². The highest BCUT2D eigenvalue weighted by atomic mass is 19.4. The lowest BCUT2D eigenvalue weighted by atomic mass is 10.1. The van der Waals surface area contributed by atoms with Crippen LogP contribution in [0.5, 0.6) is 0 Å². The number of aromatic nitrogens is 3. The molecule has 32 heavy (non-hydrogen) atoms. The van der Waals surface area contributed by atoms with E-state index in [2.05, 4.69) is 31.0 Å². The topological polar surface area (TPSA) is 77.1 Å². The summed E-state index contributed by atoms with van der Waals surface area (Å²) >= 11 is 0. The molecule has 0 unspecified atom stereocenters. The number of aliphatic carboxylic acids is 1. The van der Waals surface area contributed by atoms with Crippen molar-refractivity contribution in [3.05, 3.63) is 94.3 Å². The molecule has 9 heteroatoms. The van der Waals surface area contributed by atoms with Gasteiger partial charge in [-0.05, 0) is 49.2 Å². The van der Waals surface area contributed by atoms with Gasteiger partial charge in [0.05, 0.1) is 12.1 Å². The van der Waals surface area contributed by atoms with E-state index in [4.69, 9.17) is 9.90 Å². The van der Waals surface area contributed by atoms with E-state index >= 15 is 0 Å². The Morgan fingerprint density at radius 2 is 1.72 bits per heavy atom. The second-order valence-electron chi connectivity index (χ2n) is 7.12. The van der Waals surface area contributed by atoms with Crippen LogP contribution in [0, 0.1) is 13.8 Å². The number of imidazole rings is 1. The molecule has 2 heterocycles. The molecule has 2 aromatic carbocycles. The van der Waals surface area contributed by atoms with E-state index < -0.39 is 12.1 Å². The van der Waals surface area contributed by atoms with E-state index in [1.807, 2.05) is 47.2 Å². The maximum absolute atomic E-state index is 12.6. The van der Waals surface area contributed by atoms with Crippen LogP contribution in [0.1, 0.15) is 17.0 Å². The van der Waals surface area contributed by atoms with Crippen LogP contribution in [0.2, 0.25) is 0 Å². The maximum atomic E-state index is 12.6. The minimum Gasteiger partial charge on any atom is -0.475 e. The van der Waals surface area contributed by atoms with Gasteiger partial charge in [-0.25, -0.2) is 9.78 Å². The first-order valence-corrected chi connectivity index (χ1v) is 9.56. The smallest absolute Gasteiger partial charge is 0.475 e. The van der Waals surface area contributed by atoms with Crippen molar-refractivity contribution in [2.45, 2.75) is 26.6 Å². The van der Waals surface area contributed by atoms with Crippen molar-refractivity contribution < 1.29 is 23.1 Å². The Morgan fingerprint density at radius 1 is 1.06 bits per heavy atom. The molecule has 1 N–H and O–H groups in total. The Bertz CT molecular complexity index is 1310. The molecule has 0 saturated carbocycles. The summed E-state index contributed by atoms with van der Waals surface area (Å²) in [6.45, 7) is 4.56. The number of para-hydroxylation sites is 1. The fraction of sp³-hybridized carbons (Fsp3) is 0.174. The Kier molecular flexibility index (Phi) is 6.47. The van der Waals surface area contributed by atoms with Gasteiger partial charge >= 0.3 is 12.1 Å². The minimum absolute atomic E-state index is 0.0138. The van der Waals surface area contributed by atoms with Gasteiger partial charge in [-0.2, -0.15) is 13.2 Å². The van der Waals surface area contributed by atoms with Gasteiger partial charge in [0.2, 0.25) is 0 Å². The Balaban J connectivity index is 0.000000360. The van der Waals surface area contributed by atoms with Gasteiger partial charge < -0.3 is 14.2 Å². The summed E-state index contributed by atoms with van der Waals surface area (Å²) in [5.41, 5.74) is 4.30. The molecule has 0 bridgehead atoms. The second kappa shape index (κ2) is 9.09. The summed E-state index contributed by atoms with van der Waals surface area (Å²) in [6, 6.07) is 17.8. The number of aryl methyl sites for hydroxylation is 2. The van der Waals surface area contributed by atoms with Crippen molar-refractivity contribution in [3.8, 4) is 5.69 Å². The zero-order valence-corrected chi connectivity index (χ0v) is 17.3. The van der Waals surface area contributed by atoms with E-state index in [0.29, 0.717) is 6.54 Å². The average molecular weight is 443 g/mol. The third kappa shape index (κ3) is 5.05. The highest BCUT2D eigenvalue weighted by Crippen LogP contribution is 2.20. The van der Waals surface area contributed by atoms with Crippen molar-refractivity contribution in [2.75, 3.05) is 0 Å². The molecule has 166 valence electrons. The molecule has 0 radical (unpaired) electrons. The fourth-order valence-electron chi connectivity index (χ4n) is 3.34. The number of fused-ring (bicyclic) bond motifs is 1. The maximum Gasteiger partial charge on any atom is 0.490 e. The van der Waals surface area contributed by atoms with E-state index in [1.54, 1.807) is 16.8 Å². The number of carbonyl (C=O) groups is 1. The van der Waals surface area contributed by atoms with Crippen LogP contribution >= 0.6 is 0 Å². The van der Waals surface area contributed by atoms with Gasteiger partial charge in [0.15, 0.2) is 0 Å². The van der Waals surface area contributed by atoms with Gasteiger partial charge in [0.1, 0.15) is 5.82 Å². The largest absolute Gasteiger partial charge is 0.490 e. The Morgan fingerprint density at radius 3 is 2.34 bits per heavy atom. The quantitative estimate of drug-likeness (QED) is 0.506. The summed E-state index contributed by atoms with van der Waals surface area (Å²) < 4.78 is 35.6. The van der Waals surface area contributed by atoms with Crippen LogP contribution in [-0.4, -0.2) is 31.4 Å². The van der Waals surface area contributed by atoms with Gasteiger partial charge in [0.25, 0.3) is 5.56 Å². The number of hydrogen-bond acceptors (Lipinski definition) is 3. The second-order valence-corrected chi connectivity index (χ2v) is 7.12. The van der Waals surface area contributed by atoms with Crippen molar-refractivity contribution in [1.82, 2.24) is 14.1 Å². The summed E-state index contributed by atoms with van der Waals surface area (Å²) in [4.78, 5) is 25.9. The van der Waals surface area contributed by atoms with E-state index in [9.17, 15) is 18.0 Å². The zero-order valence-electron chi connectivity index (χ0n) is 17.3. The number of carboxylic acid groups (broad SMARTS) is 1. The molecule has 0 aliphatic heterocycles. The first-order chi connectivity index (χ1) is 15.1. The highest BCUT2D eigenvalue weighted by molar-refractivity contribution is 5.83. The van der Waals surface area contributed by atoms with E-state index in [0.717, 1.165) is 28.0 Å². The average Bonchev–Trinajstić information content (AvgIpc) is 3.19. The third-order valence-electron chi connectivity index (χ3n) is 4.75. The van der Waals surface area contributed by atoms with Gasteiger partial charge in [-0.15, -0.1) is 0 Å². The predicted octanol–water partition coefficient (Wildman–Crippen LogP) is 4.49. The van der Waals surface area contributed by atoms with Crippen molar-refractivity contribution >= 4 is 16.9 Å². The lowest BCUT2D eigenvalue weighted by Gasteiger charge is -2.14. The van der Waals surface area contributed by atoms with Crippen LogP contribution in [0.25, 0.3) is 16.6 Å². The molecule has 4 rings (SSSR count). The lowest BCUT2D eigenvalue weighted by Crippen LogP contribution is -2.22. The lowest BCUT2D eigenvalue weighted by molar-refractivity contribution is -0.192. The summed E-state index contributed by atoms with van der Waals surface area (Å²) in [5.74, 6) is -1.92. The Hall–Kier alpha value is -3.88. The first kappa shape index (κ1) is 22.8. The molecule has 0 atom stereocenters. The standard InChI is InChI=1S/C21H19N3O.C2HF3O2/c1-15-12-16(2)18-8-9-21(25)24(19(18)13-15)14-20-22-10-11-23(20)17-6-4-3-5-7-17;3-2(4,5)1(6)7/h3-13H,14H2,1-2H3;(H,6,7). The number of alkyl halides is 3. The molecule has 6 nitrogen and oxygen atoms in total. The third-order valence-corrected chi connectivity index (χ3v) is 4.75. The summed E-state index contributed by atoms with van der Waals surface area (Å²) in [7, 11) is 0. The molecule has 0 fully saturated rings. The minimum atomic E-state index is -5.08. The SMILES string of the molecule is Cc1cc(C)c2ccc(=O)n(Cc3nccn3-c3ccccc3)c2c1.O=C(O)C(F)(F)F. The van der Waals surface area contributed by atoms with Crippen molar-refractivity contribution in [2.24, 2.45) is 0 Å². The molecule has 0 spiro atoms. The zero-order chi connectivity index (χ0) is 23.5. The summed E-state index contributed by atoms with van der Waals surface area (Å²) in [5, 5.41) is 8.23. The van der Waals surface area contributed by atoms with Crippen molar-refractivity contribution in [3.63, 3.8) is 0 Å². The van der Waals surface area contributed by atoms with Gasteiger partial charge in [-0.3, -0.25) is 4.79 Å². The normalized spacial score (nSPS) is 11.2. The molecule has 2 aromatic heterocycles. The number of benzene rings is 2. The number of nitrogens with zero attached hydrogens (tertiary/aromatic N) is 3. The van der Waals surface area contributed by atoms with Crippen LogP contribution in [-0.2, 0) is 11.3 Å². The molecule has 0 aliphatic carbocycles. The van der Waals surface area contributed by atoms with E-state index in [1.165, 1.54) is 5.56 Å². The Labute approximate surface area is 181 Å². The molecule has 0 saturated heterocycles. The van der Waals surface area contributed by atoms with Crippen LogP contribution in [0.3, 0.4) is 0 Å².